The van der Waals surface area contributed by atoms with Crippen molar-refractivity contribution in [1.82, 2.24) is 9.97 Å². The molecule has 0 radical (unpaired) electrons. The van der Waals surface area contributed by atoms with E-state index in [0.29, 0.717) is 12.2 Å². The minimum Gasteiger partial charge on any atom is -0.375 e. The molecule has 1 aliphatic rings. The Morgan fingerprint density at radius 3 is 2.15 bits per heavy atom. The quantitative estimate of drug-likeness (QED) is 0.850. The molecule has 1 aromatic heterocycles. The predicted molar refractivity (Wildman–Crippen MR) is 82.2 cm³/mol. The minimum atomic E-state index is 0.108. The van der Waals surface area contributed by atoms with Crippen LogP contribution in [0.5, 0.6) is 0 Å². The number of piperidine rings is 1. The standard InChI is InChI=1S/C16H27N3O/c1-12(2)20-14-6-8-19(9-7-14)15-17-10-13(11-18-15)16(3,4)5/h10-12,14H,6-9H2,1-5H3. The van der Waals surface area contributed by atoms with Crippen molar-refractivity contribution in [3.63, 3.8) is 0 Å². The lowest BCUT2D eigenvalue weighted by Crippen LogP contribution is -2.38. The fourth-order valence-corrected chi connectivity index (χ4v) is 2.45. The van der Waals surface area contributed by atoms with Gasteiger partial charge in [0.25, 0.3) is 0 Å². The number of nitrogens with zero attached hydrogens (tertiary/aromatic N) is 3. The summed E-state index contributed by atoms with van der Waals surface area (Å²) >= 11 is 0. The second kappa shape index (κ2) is 6.08. The largest absolute Gasteiger partial charge is 0.375 e. The van der Waals surface area contributed by atoms with Crippen molar-refractivity contribution in [1.29, 1.82) is 0 Å². The van der Waals surface area contributed by atoms with Gasteiger partial charge >= 0.3 is 0 Å². The van der Waals surface area contributed by atoms with E-state index in [1.165, 1.54) is 5.56 Å². The van der Waals surface area contributed by atoms with Gasteiger partial charge in [-0.2, -0.15) is 0 Å². The molecule has 0 aliphatic carbocycles. The van der Waals surface area contributed by atoms with Gasteiger partial charge in [0.1, 0.15) is 0 Å². The summed E-state index contributed by atoms with van der Waals surface area (Å²) in [5, 5.41) is 0. The normalized spacial score (nSPS) is 17.8. The van der Waals surface area contributed by atoms with Crippen LogP contribution in [0.4, 0.5) is 5.95 Å². The highest BCUT2D eigenvalue weighted by atomic mass is 16.5. The van der Waals surface area contributed by atoms with E-state index < -0.39 is 0 Å². The van der Waals surface area contributed by atoms with Crippen molar-refractivity contribution in [3.8, 4) is 0 Å². The summed E-state index contributed by atoms with van der Waals surface area (Å²) in [6, 6.07) is 0. The molecule has 20 heavy (non-hydrogen) atoms. The number of hydrogen-bond acceptors (Lipinski definition) is 4. The molecule has 1 aromatic rings. The SMILES string of the molecule is CC(C)OC1CCN(c2ncc(C(C)(C)C)cn2)CC1. The Morgan fingerprint density at radius 2 is 1.70 bits per heavy atom. The second-order valence-electron chi connectivity index (χ2n) is 6.89. The van der Waals surface area contributed by atoms with Crippen molar-refractivity contribution in [2.45, 2.75) is 65.1 Å². The average molecular weight is 277 g/mol. The van der Waals surface area contributed by atoms with Gasteiger partial charge < -0.3 is 9.64 Å². The number of anilines is 1. The van der Waals surface area contributed by atoms with Gasteiger partial charge in [0.15, 0.2) is 0 Å². The molecule has 112 valence electrons. The summed E-state index contributed by atoms with van der Waals surface area (Å²) in [5.74, 6) is 0.848. The highest BCUT2D eigenvalue weighted by molar-refractivity contribution is 5.32. The lowest BCUT2D eigenvalue weighted by atomic mass is 9.89. The number of hydrogen-bond donors (Lipinski definition) is 0. The van der Waals surface area contributed by atoms with Crippen LogP contribution < -0.4 is 4.90 Å². The molecule has 0 spiro atoms. The molecular weight excluding hydrogens is 250 g/mol. The van der Waals surface area contributed by atoms with Crippen LogP contribution in [0.2, 0.25) is 0 Å². The molecule has 0 saturated carbocycles. The molecule has 2 rings (SSSR count). The van der Waals surface area contributed by atoms with Crippen LogP contribution in [-0.4, -0.2) is 35.3 Å². The molecule has 0 amide bonds. The zero-order valence-electron chi connectivity index (χ0n) is 13.4. The Hall–Kier alpha value is -1.16. The predicted octanol–water partition coefficient (Wildman–Crippen LogP) is 3.17. The van der Waals surface area contributed by atoms with Crippen molar-refractivity contribution < 1.29 is 4.74 Å². The van der Waals surface area contributed by atoms with Gasteiger partial charge in [0, 0.05) is 25.5 Å². The molecule has 0 aromatic carbocycles. The smallest absolute Gasteiger partial charge is 0.225 e. The van der Waals surface area contributed by atoms with Gasteiger partial charge in [-0.25, -0.2) is 9.97 Å². The summed E-state index contributed by atoms with van der Waals surface area (Å²) in [6.07, 6.45) is 6.73. The van der Waals surface area contributed by atoms with Gasteiger partial charge in [-0.05, 0) is 37.7 Å². The Morgan fingerprint density at radius 1 is 1.15 bits per heavy atom. The highest BCUT2D eigenvalue weighted by Crippen LogP contribution is 2.23. The monoisotopic (exact) mass is 277 g/mol. The number of aromatic nitrogens is 2. The van der Waals surface area contributed by atoms with Gasteiger partial charge in [-0.3, -0.25) is 0 Å². The third kappa shape index (κ3) is 3.92. The second-order valence-corrected chi connectivity index (χ2v) is 6.89. The fourth-order valence-electron chi connectivity index (χ4n) is 2.45. The zero-order valence-corrected chi connectivity index (χ0v) is 13.4. The maximum Gasteiger partial charge on any atom is 0.225 e. The van der Waals surface area contributed by atoms with Gasteiger partial charge in [0.2, 0.25) is 5.95 Å². The Kier molecular flexibility index (Phi) is 4.63. The Bertz CT molecular complexity index is 414. The maximum absolute atomic E-state index is 5.87. The molecule has 0 N–H and O–H groups in total. The molecule has 0 unspecified atom stereocenters. The third-order valence-corrected chi connectivity index (χ3v) is 3.69. The lowest BCUT2D eigenvalue weighted by Gasteiger charge is -2.33. The molecule has 4 heteroatoms. The van der Waals surface area contributed by atoms with E-state index in [-0.39, 0.29) is 5.41 Å². The van der Waals surface area contributed by atoms with Crippen LogP contribution in [-0.2, 0) is 10.2 Å². The topological polar surface area (TPSA) is 38.2 Å². The van der Waals surface area contributed by atoms with Crippen LogP contribution >= 0.6 is 0 Å². The summed E-state index contributed by atoms with van der Waals surface area (Å²) < 4.78 is 5.87. The molecule has 0 bridgehead atoms. The van der Waals surface area contributed by atoms with E-state index in [4.69, 9.17) is 4.74 Å². The van der Waals surface area contributed by atoms with Crippen LogP contribution in [0, 0.1) is 0 Å². The first-order valence-electron chi connectivity index (χ1n) is 7.59. The molecule has 1 fully saturated rings. The first-order valence-corrected chi connectivity index (χ1v) is 7.59. The molecular formula is C16H27N3O. The van der Waals surface area contributed by atoms with E-state index in [9.17, 15) is 0 Å². The first kappa shape index (κ1) is 15.2. The fraction of sp³-hybridized carbons (Fsp3) is 0.750. The van der Waals surface area contributed by atoms with E-state index in [1.807, 2.05) is 12.4 Å². The molecule has 1 saturated heterocycles. The van der Waals surface area contributed by atoms with E-state index in [2.05, 4.69) is 49.5 Å². The number of ether oxygens (including phenoxy) is 1. The molecule has 1 aliphatic heterocycles. The summed E-state index contributed by atoms with van der Waals surface area (Å²) in [6.45, 7) is 12.7. The molecule has 2 heterocycles. The molecule has 0 atom stereocenters. The minimum absolute atomic E-state index is 0.108. The maximum atomic E-state index is 5.87. The van der Waals surface area contributed by atoms with Gasteiger partial charge in [-0.1, -0.05) is 20.8 Å². The van der Waals surface area contributed by atoms with Gasteiger partial charge in [-0.15, -0.1) is 0 Å². The molecule has 4 nitrogen and oxygen atoms in total. The first-order chi connectivity index (χ1) is 9.36. The third-order valence-electron chi connectivity index (χ3n) is 3.69. The Labute approximate surface area is 122 Å². The van der Waals surface area contributed by atoms with Crippen molar-refractivity contribution in [2.75, 3.05) is 18.0 Å². The van der Waals surface area contributed by atoms with Crippen LogP contribution in [0.3, 0.4) is 0 Å². The summed E-state index contributed by atoms with van der Waals surface area (Å²) in [5.41, 5.74) is 1.29. The summed E-state index contributed by atoms with van der Waals surface area (Å²) in [7, 11) is 0. The van der Waals surface area contributed by atoms with E-state index in [1.54, 1.807) is 0 Å². The van der Waals surface area contributed by atoms with Crippen LogP contribution in [0.25, 0.3) is 0 Å². The van der Waals surface area contributed by atoms with Crippen molar-refractivity contribution in [2.24, 2.45) is 0 Å². The van der Waals surface area contributed by atoms with Crippen LogP contribution in [0.15, 0.2) is 12.4 Å². The lowest BCUT2D eigenvalue weighted by molar-refractivity contribution is -0.00491. The van der Waals surface area contributed by atoms with Crippen molar-refractivity contribution >= 4 is 5.95 Å². The number of rotatable bonds is 3. The Balaban J connectivity index is 1.94. The van der Waals surface area contributed by atoms with E-state index in [0.717, 1.165) is 31.9 Å². The van der Waals surface area contributed by atoms with E-state index >= 15 is 0 Å². The highest BCUT2D eigenvalue weighted by Gasteiger charge is 2.22. The van der Waals surface area contributed by atoms with Gasteiger partial charge in [0.05, 0.1) is 12.2 Å². The van der Waals surface area contributed by atoms with Crippen LogP contribution in [0.1, 0.15) is 53.0 Å². The zero-order chi connectivity index (χ0) is 14.8. The summed E-state index contributed by atoms with van der Waals surface area (Å²) in [4.78, 5) is 11.3. The van der Waals surface area contributed by atoms with Crippen molar-refractivity contribution in [3.05, 3.63) is 18.0 Å². The average Bonchev–Trinajstić information content (AvgIpc) is 2.38.